The molecule has 2 rings (SSSR count). The lowest BCUT2D eigenvalue weighted by Crippen LogP contribution is -1.89. The monoisotopic (exact) mass is 218 g/mol. The second-order valence-corrected chi connectivity index (χ2v) is 4.69. The van der Waals surface area contributed by atoms with Crippen LogP contribution in [0.25, 0.3) is 10.6 Å². The number of benzene rings is 1. The maximum Gasteiger partial charge on any atom is 0.125 e. The fourth-order valence-corrected chi connectivity index (χ4v) is 2.37. The second-order valence-electron chi connectivity index (χ2n) is 3.58. The van der Waals surface area contributed by atoms with E-state index in [4.69, 9.17) is 5.73 Å². The van der Waals surface area contributed by atoms with E-state index in [1.165, 1.54) is 10.4 Å². The van der Waals surface area contributed by atoms with Crippen molar-refractivity contribution in [2.45, 2.75) is 20.3 Å². The number of nitrogen functional groups attached to an aromatic ring is 1. The first-order chi connectivity index (χ1) is 7.20. The minimum Gasteiger partial charge on any atom is -0.398 e. The lowest BCUT2D eigenvalue weighted by Gasteiger charge is -2.02. The Bertz CT molecular complexity index is 474. The Labute approximate surface area is 93.8 Å². The van der Waals surface area contributed by atoms with E-state index in [-0.39, 0.29) is 0 Å². The maximum atomic E-state index is 5.97. The van der Waals surface area contributed by atoms with Crippen molar-refractivity contribution in [3.63, 3.8) is 0 Å². The molecule has 0 amide bonds. The zero-order valence-electron chi connectivity index (χ0n) is 8.95. The van der Waals surface area contributed by atoms with E-state index in [1.54, 1.807) is 11.3 Å². The number of hydrogen-bond acceptors (Lipinski definition) is 3. The highest BCUT2D eigenvalue weighted by Crippen LogP contribution is 2.30. The molecule has 1 heterocycles. The Hall–Kier alpha value is -1.35. The van der Waals surface area contributed by atoms with Crippen LogP contribution in [-0.2, 0) is 6.42 Å². The molecule has 15 heavy (non-hydrogen) atoms. The molecular formula is C12H14N2S. The summed E-state index contributed by atoms with van der Waals surface area (Å²) in [6, 6.07) is 6.10. The fourth-order valence-electron chi connectivity index (χ4n) is 1.47. The number of anilines is 1. The van der Waals surface area contributed by atoms with Gasteiger partial charge < -0.3 is 5.73 Å². The third-order valence-corrected chi connectivity index (χ3v) is 3.51. The van der Waals surface area contributed by atoms with Gasteiger partial charge in [0.1, 0.15) is 5.01 Å². The molecule has 0 aliphatic carbocycles. The molecule has 0 bridgehead atoms. The first-order valence-electron chi connectivity index (χ1n) is 5.02. The van der Waals surface area contributed by atoms with Crippen LogP contribution in [0.15, 0.2) is 24.4 Å². The summed E-state index contributed by atoms with van der Waals surface area (Å²) >= 11 is 1.71. The van der Waals surface area contributed by atoms with Crippen LogP contribution in [0.2, 0.25) is 0 Å². The van der Waals surface area contributed by atoms with Crippen LogP contribution in [0.1, 0.15) is 17.4 Å². The predicted molar refractivity (Wildman–Crippen MR) is 66.1 cm³/mol. The van der Waals surface area contributed by atoms with Crippen molar-refractivity contribution in [1.82, 2.24) is 4.98 Å². The van der Waals surface area contributed by atoms with Crippen molar-refractivity contribution in [1.29, 1.82) is 0 Å². The first kappa shape index (κ1) is 10.2. The van der Waals surface area contributed by atoms with Crippen LogP contribution in [0.5, 0.6) is 0 Å². The molecular weight excluding hydrogens is 204 g/mol. The van der Waals surface area contributed by atoms with Crippen LogP contribution >= 0.6 is 11.3 Å². The van der Waals surface area contributed by atoms with Gasteiger partial charge in [-0.25, -0.2) is 4.98 Å². The molecule has 78 valence electrons. The second kappa shape index (κ2) is 4.03. The van der Waals surface area contributed by atoms with Crippen molar-refractivity contribution in [2.75, 3.05) is 5.73 Å². The number of aryl methyl sites for hydroxylation is 2. The summed E-state index contributed by atoms with van der Waals surface area (Å²) < 4.78 is 0. The van der Waals surface area contributed by atoms with Crippen LogP contribution in [0.4, 0.5) is 5.69 Å². The Balaban J connectivity index is 2.44. The molecule has 0 unspecified atom stereocenters. The summed E-state index contributed by atoms with van der Waals surface area (Å²) in [5.74, 6) is 0. The minimum absolute atomic E-state index is 0.812. The fraction of sp³-hybridized carbons (Fsp3) is 0.250. The number of thiazole rings is 1. The zero-order valence-corrected chi connectivity index (χ0v) is 9.77. The van der Waals surface area contributed by atoms with E-state index in [1.807, 2.05) is 25.3 Å². The van der Waals surface area contributed by atoms with Crippen LogP contribution in [0.3, 0.4) is 0 Å². The number of aromatic nitrogens is 1. The number of nitrogens with two attached hydrogens (primary N) is 1. The summed E-state index contributed by atoms with van der Waals surface area (Å²) in [5.41, 5.74) is 9.01. The SMILES string of the molecule is CCc1cnc(-c2ccc(C)cc2N)s1. The Morgan fingerprint density at radius 1 is 1.40 bits per heavy atom. The minimum atomic E-state index is 0.812. The number of nitrogens with zero attached hydrogens (tertiary/aromatic N) is 1. The molecule has 0 aliphatic rings. The molecule has 3 heteroatoms. The summed E-state index contributed by atoms with van der Waals surface area (Å²) in [4.78, 5) is 5.68. The smallest absolute Gasteiger partial charge is 0.125 e. The zero-order chi connectivity index (χ0) is 10.8. The highest BCUT2D eigenvalue weighted by molar-refractivity contribution is 7.15. The van der Waals surface area contributed by atoms with Crippen molar-refractivity contribution in [3.05, 3.63) is 34.8 Å². The molecule has 0 spiro atoms. The van der Waals surface area contributed by atoms with E-state index in [2.05, 4.69) is 18.0 Å². The van der Waals surface area contributed by atoms with Crippen molar-refractivity contribution < 1.29 is 0 Å². The Kier molecular flexibility index (Phi) is 2.73. The van der Waals surface area contributed by atoms with E-state index < -0.39 is 0 Å². The van der Waals surface area contributed by atoms with Gasteiger partial charge in [0.25, 0.3) is 0 Å². The van der Waals surface area contributed by atoms with Gasteiger partial charge in [-0.3, -0.25) is 0 Å². The normalized spacial score (nSPS) is 10.5. The van der Waals surface area contributed by atoms with Gasteiger partial charge in [0.15, 0.2) is 0 Å². The van der Waals surface area contributed by atoms with Crippen LogP contribution in [-0.4, -0.2) is 4.98 Å². The van der Waals surface area contributed by atoms with Crippen LogP contribution < -0.4 is 5.73 Å². The molecule has 0 fully saturated rings. The van der Waals surface area contributed by atoms with E-state index in [9.17, 15) is 0 Å². The third kappa shape index (κ3) is 2.02. The molecule has 2 N–H and O–H groups in total. The number of hydrogen-bond donors (Lipinski definition) is 1. The average molecular weight is 218 g/mol. The highest BCUT2D eigenvalue weighted by Gasteiger charge is 2.06. The van der Waals surface area contributed by atoms with Crippen molar-refractivity contribution in [2.24, 2.45) is 0 Å². The molecule has 2 nitrogen and oxygen atoms in total. The van der Waals surface area contributed by atoms with Gasteiger partial charge in [-0.1, -0.05) is 13.0 Å². The molecule has 0 radical (unpaired) electrons. The van der Waals surface area contributed by atoms with E-state index in [0.717, 1.165) is 22.7 Å². The maximum absolute atomic E-state index is 5.97. The summed E-state index contributed by atoms with van der Waals surface area (Å²) in [5, 5.41) is 1.02. The lowest BCUT2D eigenvalue weighted by molar-refractivity contribution is 1.17. The molecule has 2 aromatic rings. The topological polar surface area (TPSA) is 38.9 Å². The van der Waals surface area contributed by atoms with E-state index in [0.29, 0.717) is 0 Å². The van der Waals surface area contributed by atoms with Crippen LogP contribution in [0, 0.1) is 6.92 Å². The quantitative estimate of drug-likeness (QED) is 0.786. The van der Waals surface area contributed by atoms with Gasteiger partial charge in [0.05, 0.1) is 0 Å². The average Bonchev–Trinajstić information content (AvgIpc) is 2.66. The number of rotatable bonds is 2. The van der Waals surface area contributed by atoms with Gasteiger partial charge in [-0.2, -0.15) is 0 Å². The van der Waals surface area contributed by atoms with Crippen molar-refractivity contribution in [3.8, 4) is 10.6 Å². The Morgan fingerprint density at radius 2 is 2.20 bits per heavy atom. The molecule has 0 saturated heterocycles. The van der Waals surface area contributed by atoms with Gasteiger partial charge >= 0.3 is 0 Å². The molecule has 1 aromatic carbocycles. The van der Waals surface area contributed by atoms with Gasteiger partial charge in [0.2, 0.25) is 0 Å². The summed E-state index contributed by atoms with van der Waals surface area (Å²) in [6.45, 7) is 4.18. The van der Waals surface area contributed by atoms with Crippen molar-refractivity contribution >= 4 is 17.0 Å². The van der Waals surface area contributed by atoms with Gasteiger partial charge in [-0.15, -0.1) is 11.3 Å². The van der Waals surface area contributed by atoms with Gasteiger partial charge in [-0.05, 0) is 31.0 Å². The van der Waals surface area contributed by atoms with Gasteiger partial charge in [0, 0.05) is 22.3 Å². The Morgan fingerprint density at radius 3 is 2.80 bits per heavy atom. The molecule has 1 aromatic heterocycles. The standard InChI is InChI=1S/C12H14N2S/c1-3-9-7-14-12(15-9)10-5-4-8(2)6-11(10)13/h4-7H,3,13H2,1-2H3. The molecule has 0 atom stereocenters. The highest BCUT2D eigenvalue weighted by atomic mass is 32.1. The molecule has 0 saturated carbocycles. The van der Waals surface area contributed by atoms with E-state index >= 15 is 0 Å². The predicted octanol–water partition coefficient (Wildman–Crippen LogP) is 3.26. The lowest BCUT2D eigenvalue weighted by atomic mass is 10.1. The third-order valence-electron chi connectivity index (χ3n) is 2.34. The summed E-state index contributed by atoms with van der Waals surface area (Å²) in [6.07, 6.45) is 2.96. The largest absolute Gasteiger partial charge is 0.398 e. The first-order valence-corrected chi connectivity index (χ1v) is 5.83. The summed E-state index contributed by atoms with van der Waals surface area (Å²) in [7, 11) is 0. The molecule has 0 aliphatic heterocycles.